The van der Waals surface area contributed by atoms with Gasteiger partial charge in [-0.05, 0) is 55.4 Å². The van der Waals surface area contributed by atoms with Crippen molar-refractivity contribution < 1.29 is 9.53 Å². The lowest BCUT2D eigenvalue weighted by atomic mass is 10.3. The monoisotopic (exact) mass is 571 g/mol. The van der Waals surface area contributed by atoms with Crippen molar-refractivity contribution in [2.24, 2.45) is 0 Å². The Morgan fingerprint density at radius 2 is 1.38 bits per heavy atom. The fourth-order valence-corrected chi connectivity index (χ4v) is 10.8. The summed E-state index contributed by atoms with van der Waals surface area (Å²) in [5.74, 6) is 1.08. The molecule has 5 aromatic rings. The van der Waals surface area contributed by atoms with E-state index in [-0.39, 0.29) is 5.78 Å². The van der Waals surface area contributed by atoms with Gasteiger partial charge in [-0.25, -0.2) is 4.98 Å². The first-order chi connectivity index (χ1) is 18.8. The highest BCUT2D eigenvalue weighted by Gasteiger charge is 2.47. The summed E-state index contributed by atoms with van der Waals surface area (Å²) in [6, 6.07) is 35.8. The standard InChI is InChI=1S/C32H36N2O2PSSi/c1-25(35)30-22-29-32(38-30)33-31(34(29)24-36-20-21-39(2,3)4)23-37(26-14-8-5-9-15-26,27-16-10-6-11-17-27)28-18-12-7-13-19-28/h5-19,22H,20-21,23-24H2,1-4H3/q+1. The maximum atomic E-state index is 12.2. The second-order valence-corrected chi connectivity index (χ2v) is 21.3. The number of imidazole rings is 1. The normalized spacial score (nSPS) is 12.2. The minimum atomic E-state index is -2.12. The van der Waals surface area contributed by atoms with Gasteiger partial charge >= 0.3 is 0 Å². The van der Waals surface area contributed by atoms with Crippen LogP contribution in [0.3, 0.4) is 0 Å². The highest BCUT2D eigenvalue weighted by Crippen LogP contribution is 2.58. The molecule has 2 aromatic heterocycles. The number of Topliss-reactive ketones (excluding diaryl/α,β-unsaturated/α-hetero) is 1. The molecule has 0 unspecified atom stereocenters. The number of ether oxygens (including phenoxy) is 1. The Balaban J connectivity index is 1.67. The van der Waals surface area contributed by atoms with Gasteiger partial charge in [-0.3, -0.25) is 9.36 Å². The molecule has 0 aliphatic carbocycles. The highest BCUT2D eigenvalue weighted by atomic mass is 32.1. The van der Waals surface area contributed by atoms with E-state index in [4.69, 9.17) is 9.72 Å². The Bertz CT molecular complexity index is 1450. The molecule has 0 radical (unpaired) electrons. The van der Waals surface area contributed by atoms with Gasteiger partial charge in [0.25, 0.3) is 0 Å². The van der Waals surface area contributed by atoms with Crippen molar-refractivity contribution in [2.45, 2.75) is 45.5 Å². The second kappa shape index (κ2) is 11.7. The summed E-state index contributed by atoms with van der Waals surface area (Å²) in [6.45, 7) is 9.89. The van der Waals surface area contributed by atoms with E-state index in [0.29, 0.717) is 6.73 Å². The van der Waals surface area contributed by atoms with Crippen LogP contribution >= 0.6 is 18.6 Å². The van der Waals surface area contributed by atoms with Gasteiger partial charge in [-0.15, -0.1) is 11.3 Å². The van der Waals surface area contributed by atoms with Crippen LogP contribution in [-0.4, -0.2) is 30.0 Å². The molecular formula is C32H36N2O2PSSi+. The van der Waals surface area contributed by atoms with Crippen LogP contribution in [0.1, 0.15) is 22.4 Å². The van der Waals surface area contributed by atoms with Gasteiger partial charge in [0, 0.05) is 14.7 Å². The number of thiophene rings is 1. The number of ketones is 1. The summed E-state index contributed by atoms with van der Waals surface area (Å²) in [5, 5.41) is 3.97. The van der Waals surface area contributed by atoms with Gasteiger partial charge in [0.15, 0.2) is 11.6 Å². The number of nitrogens with zero attached hydrogens (tertiary/aromatic N) is 2. The number of hydrogen-bond donors (Lipinski definition) is 0. The fraction of sp³-hybridized carbons (Fsp3) is 0.250. The van der Waals surface area contributed by atoms with Gasteiger partial charge in [-0.2, -0.15) is 0 Å². The average Bonchev–Trinajstić information content (AvgIpc) is 3.49. The minimum absolute atomic E-state index is 0.0745. The van der Waals surface area contributed by atoms with Crippen molar-refractivity contribution in [3.05, 3.63) is 108 Å². The van der Waals surface area contributed by atoms with Crippen molar-refractivity contribution in [1.29, 1.82) is 0 Å². The number of rotatable bonds is 11. The zero-order valence-corrected chi connectivity index (χ0v) is 25.8. The molecule has 0 atom stereocenters. The van der Waals surface area contributed by atoms with E-state index in [1.165, 1.54) is 27.3 Å². The molecule has 0 amide bonds. The summed E-state index contributed by atoms with van der Waals surface area (Å²) < 4.78 is 8.51. The molecule has 0 fully saturated rings. The third-order valence-electron chi connectivity index (χ3n) is 7.06. The number of benzene rings is 3. The largest absolute Gasteiger partial charge is 0.361 e. The van der Waals surface area contributed by atoms with Crippen molar-refractivity contribution in [3.63, 3.8) is 0 Å². The first kappa shape index (κ1) is 27.7. The molecule has 0 aliphatic heterocycles. The molecule has 5 rings (SSSR count). The number of hydrogen-bond acceptors (Lipinski definition) is 4. The van der Waals surface area contributed by atoms with E-state index >= 15 is 0 Å². The Labute approximate surface area is 237 Å². The van der Waals surface area contributed by atoms with Crippen LogP contribution in [-0.2, 0) is 17.6 Å². The van der Waals surface area contributed by atoms with Gasteiger partial charge in [0.2, 0.25) is 0 Å². The number of aromatic nitrogens is 2. The number of carbonyl (C=O) groups is 1. The number of carbonyl (C=O) groups excluding carboxylic acids is 1. The second-order valence-electron chi connectivity index (χ2n) is 11.1. The third kappa shape index (κ3) is 6.00. The zero-order valence-electron chi connectivity index (χ0n) is 23.1. The van der Waals surface area contributed by atoms with Crippen LogP contribution in [0, 0.1) is 0 Å². The fourth-order valence-electron chi connectivity index (χ4n) is 4.91. The molecule has 7 heteroatoms. The Hall–Kier alpha value is -2.89. The van der Waals surface area contributed by atoms with E-state index in [9.17, 15) is 4.79 Å². The summed E-state index contributed by atoms with van der Waals surface area (Å²) in [4.78, 5) is 19.0. The van der Waals surface area contributed by atoms with Gasteiger partial charge in [0.05, 0.1) is 10.4 Å². The maximum absolute atomic E-state index is 12.2. The van der Waals surface area contributed by atoms with Crippen LogP contribution in [0.5, 0.6) is 0 Å². The zero-order chi connectivity index (χ0) is 27.5. The third-order valence-corrected chi connectivity index (χ3v) is 14.2. The lowest BCUT2D eigenvalue weighted by Crippen LogP contribution is -2.33. The van der Waals surface area contributed by atoms with Crippen LogP contribution < -0.4 is 15.9 Å². The SMILES string of the molecule is CC(=O)c1cc2c(nc(C[P+](c3ccccc3)(c3ccccc3)c3ccccc3)n2COCC[Si](C)(C)C)s1. The molecule has 0 aliphatic rings. The average molecular weight is 572 g/mol. The van der Waals surface area contributed by atoms with E-state index < -0.39 is 15.3 Å². The van der Waals surface area contributed by atoms with Gasteiger partial charge < -0.3 is 4.74 Å². The van der Waals surface area contributed by atoms with Crippen molar-refractivity contribution in [2.75, 3.05) is 6.61 Å². The molecule has 3 aromatic carbocycles. The molecule has 0 saturated heterocycles. The van der Waals surface area contributed by atoms with Crippen LogP contribution in [0.4, 0.5) is 0 Å². The lowest BCUT2D eigenvalue weighted by Gasteiger charge is -2.27. The van der Waals surface area contributed by atoms with Crippen molar-refractivity contribution in [1.82, 2.24) is 9.55 Å². The van der Waals surface area contributed by atoms with Crippen molar-refractivity contribution in [3.8, 4) is 0 Å². The summed E-state index contributed by atoms with van der Waals surface area (Å²) in [6.07, 6.45) is 0.763. The van der Waals surface area contributed by atoms with Gasteiger partial charge in [-0.1, -0.05) is 74.2 Å². The van der Waals surface area contributed by atoms with E-state index in [1.807, 2.05) is 6.07 Å². The summed E-state index contributed by atoms with van der Waals surface area (Å²) >= 11 is 1.48. The maximum Gasteiger partial charge on any atom is 0.169 e. The summed E-state index contributed by atoms with van der Waals surface area (Å²) in [7, 11) is -3.34. The first-order valence-electron chi connectivity index (χ1n) is 13.4. The summed E-state index contributed by atoms with van der Waals surface area (Å²) in [5.41, 5.74) is 0.987. The van der Waals surface area contributed by atoms with E-state index in [1.54, 1.807) is 6.92 Å². The molecule has 0 bridgehead atoms. The number of fused-ring (bicyclic) bond motifs is 1. The molecule has 0 saturated carbocycles. The Kier molecular flexibility index (Phi) is 8.29. The first-order valence-corrected chi connectivity index (χ1v) is 19.9. The van der Waals surface area contributed by atoms with Crippen LogP contribution in [0.25, 0.3) is 10.3 Å². The van der Waals surface area contributed by atoms with Crippen LogP contribution in [0.15, 0.2) is 97.1 Å². The molecular weight excluding hydrogens is 535 g/mol. The minimum Gasteiger partial charge on any atom is -0.361 e. The molecule has 39 heavy (non-hydrogen) atoms. The van der Waals surface area contributed by atoms with E-state index in [0.717, 1.165) is 39.9 Å². The lowest BCUT2D eigenvalue weighted by molar-refractivity contribution is 0.0883. The highest BCUT2D eigenvalue weighted by molar-refractivity contribution is 7.95. The van der Waals surface area contributed by atoms with E-state index in [2.05, 4.69) is 115 Å². The molecule has 0 spiro atoms. The van der Waals surface area contributed by atoms with Gasteiger partial charge in [0.1, 0.15) is 40.9 Å². The Morgan fingerprint density at radius 3 is 1.85 bits per heavy atom. The molecule has 2 heterocycles. The Morgan fingerprint density at radius 1 is 0.872 bits per heavy atom. The molecule has 4 nitrogen and oxygen atoms in total. The smallest absolute Gasteiger partial charge is 0.169 e. The quantitative estimate of drug-likeness (QED) is 0.0735. The van der Waals surface area contributed by atoms with Crippen molar-refractivity contribution >= 4 is 58.7 Å². The predicted octanol–water partition coefficient (Wildman–Crippen LogP) is 7.11. The molecule has 200 valence electrons. The topological polar surface area (TPSA) is 44.1 Å². The predicted molar refractivity (Wildman–Crippen MR) is 171 cm³/mol. The molecule has 0 N–H and O–H groups in total. The van der Waals surface area contributed by atoms with Crippen LogP contribution in [0.2, 0.25) is 25.7 Å².